The summed E-state index contributed by atoms with van der Waals surface area (Å²) in [4.78, 5) is 12.5. The molecular formula is C13H19NO3. The monoisotopic (exact) mass is 237 g/mol. The van der Waals surface area contributed by atoms with Crippen LogP contribution in [0.15, 0.2) is 30.3 Å². The molecule has 17 heavy (non-hydrogen) atoms. The minimum absolute atomic E-state index is 0.0747. The lowest BCUT2D eigenvalue weighted by Crippen LogP contribution is -2.33. The van der Waals surface area contributed by atoms with Gasteiger partial charge in [-0.2, -0.15) is 0 Å². The number of benzene rings is 1. The Kier molecular flexibility index (Phi) is 5.49. The van der Waals surface area contributed by atoms with Crippen LogP contribution in [0.25, 0.3) is 0 Å². The molecule has 4 heteroatoms. The van der Waals surface area contributed by atoms with E-state index in [0.29, 0.717) is 19.5 Å². The Morgan fingerprint density at radius 1 is 1.35 bits per heavy atom. The summed E-state index contributed by atoms with van der Waals surface area (Å²) in [5.41, 5.74) is 0.946. The second-order valence-corrected chi connectivity index (χ2v) is 3.99. The van der Waals surface area contributed by atoms with Crippen molar-refractivity contribution < 1.29 is 15.0 Å². The van der Waals surface area contributed by atoms with Crippen molar-refractivity contribution in [2.24, 2.45) is 0 Å². The molecule has 0 aromatic heterocycles. The molecule has 0 aliphatic carbocycles. The van der Waals surface area contributed by atoms with E-state index < -0.39 is 12.1 Å². The van der Waals surface area contributed by atoms with E-state index in [9.17, 15) is 9.90 Å². The third kappa shape index (κ3) is 4.87. The van der Waals surface area contributed by atoms with Crippen LogP contribution in [0, 0.1) is 0 Å². The number of nitrogens with zero attached hydrogens (tertiary/aromatic N) is 1. The molecule has 0 amide bonds. The molecular weight excluding hydrogens is 218 g/mol. The van der Waals surface area contributed by atoms with Crippen LogP contribution in [0.5, 0.6) is 0 Å². The van der Waals surface area contributed by atoms with Gasteiger partial charge in [0.25, 0.3) is 0 Å². The van der Waals surface area contributed by atoms with Gasteiger partial charge in [0, 0.05) is 18.8 Å². The largest absolute Gasteiger partial charge is 0.481 e. The summed E-state index contributed by atoms with van der Waals surface area (Å²) in [7, 11) is 0. The summed E-state index contributed by atoms with van der Waals surface area (Å²) in [6.07, 6.45) is 0.311. The number of carboxylic acid groups (broad SMARTS) is 1. The third-order valence-electron chi connectivity index (χ3n) is 2.62. The number of hydrogen-bond acceptors (Lipinski definition) is 3. The van der Waals surface area contributed by atoms with Gasteiger partial charge >= 0.3 is 5.97 Å². The average Bonchev–Trinajstić information content (AvgIpc) is 2.35. The molecule has 0 saturated carbocycles. The fraction of sp³-hybridized carbons (Fsp3) is 0.462. The second-order valence-electron chi connectivity index (χ2n) is 3.99. The summed E-state index contributed by atoms with van der Waals surface area (Å²) in [6.45, 7) is 2.79. The summed E-state index contributed by atoms with van der Waals surface area (Å²) < 4.78 is 0. The lowest BCUT2D eigenvalue weighted by Gasteiger charge is -2.26. The second kappa shape index (κ2) is 6.91. The zero-order valence-corrected chi connectivity index (χ0v) is 10.0. The zero-order chi connectivity index (χ0) is 12.7. The number of aliphatic hydroxyl groups is 1. The van der Waals surface area contributed by atoms with Gasteiger partial charge in [-0.3, -0.25) is 4.79 Å². The first kappa shape index (κ1) is 13.5. The van der Waals surface area contributed by atoms with Gasteiger partial charge < -0.3 is 15.1 Å². The van der Waals surface area contributed by atoms with Crippen LogP contribution in [0.3, 0.4) is 0 Å². The maximum absolute atomic E-state index is 10.6. The minimum atomic E-state index is -0.822. The Balaban J connectivity index is 2.68. The van der Waals surface area contributed by atoms with E-state index in [-0.39, 0.29) is 6.42 Å². The predicted molar refractivity (Wildman–Crippen MR) is 67.2 cm³/mol. The summed E-state index contributed by atoms with van der Waals surface area (Å²) in [5, 5.41) is 18.4. The highest BCUT2D eigenvalue weighted by Crippen LogP contribution is 2.14. The predicted octanol–water partition coefficient (Wildman–Crippen LogP) is 1.74. The minimum Gasteiger partial charge on any atom is -0.481 e. The number of carbonyl (C=O) groups is 1. The molecule has 4 nitrogen and oxygen atoms in total. The molecule has 2 N–H and O–H groups in total. The van der Waals surface area contributed by atoms with E-state index in [1.165, 1.54) is 0 Å². The van der Waals surface area contributed by atoms with E-state index in [2.05, 4.69) is 0 Å². The molecule has 1 atom stereocenters. The maximum atomic E-state index is 10.6. The van der Waals surface area contributed by atoms with Crippen LogP contribution in [0.4, 0.5) is 5.69 Å². The highest BCUT2D eigenvalue weighted by atomic mass is 16.4. The van der Waals surface area contributed by atoms with Crippen molar-refractivity contribution in [2.45, 2.75) is 25.9 Å². The van der Waals surface area contributed by atoms with Crippen LogP contribution in [-0.2, 0) is 4.79 Å². The van der Waals surface area contributed by atoms with Crippen molar-refractivity contribution in [1.82, 2.24) is 0 Å². The highest BCUT2D eigenvalue weighted by Gasteiger charge is 2.12. The van der Waals surface area contributed by atoms with Gasteiger partial charge in [-0.05, 0) is 18.6 Å². The Morgan fingerprint density at radius 3 is 2.53 bits per heavy atom. The number of rotatable bonds is 7. The number of para-hydroxylation sites is 1. The van der Waals surface area contributed by atoms with Crippen molar-refractivity contribution in [2.75, 3.05) is 18.0 Å². The van der Waals surface area contributed by atoms with Crippen LogP contribution in [-0.4, -0.2) is 35.4 Å². The van der Waals surface area contributed by atoms with Crippen molar-refractivity contribution >= 4 is 11.7 Å². The molecule has 0 spiro atoms. The van der Waals surface area contributed by atoms with Crippen molar-refractivity contribution in [1.29, 1.82) is 0 Å². The van der Waals surface area contributed by atoms with Gasteiger partial charge in [0.05, 0.1) is 12.5 Å². The molecule has 0 aliphatic rings. The van der Waals surface area contributed by atoms with Crippen molar-refractivity contribution in [3.05, 3.63) is 30.3 Å². The van der Waals surface area contributed by atoms with Crippen LogP contribution < -0.4 is 4.90 Å². The van der Waals surface area contributed by atoms with Gasteiger partial charge in [-0.1, -0.05) is 25.1 Å². The molecule has 1 rings (SSSR count). The number of carboxylic acids is 1. The Labute approximate surface area is 101 Å². The molecule has 94 valence electrons. The van der Waals surface area contributed by atoms with Gasteiger partial charge in [0.1, 0.15) is 0 Å². The number of aliphatic hydroxyl groups excluding tert-OH is 1. The smallest absolute Gasteiger partial charge is 0.305 e. The first-order valence-corrected chi connectivity index (χ1v) is 5.83. The number of aliphatic carboxylic acids is 1. The van der Waals surface area contributed by atoms with Crippen molar-refractivity contribution in [3.8, 4) is 0 Å². The van der Waals surface area contributed by atoms with Crippen molar-refractivity contribution in [3.63, 3.8) is 0 Å². The quantitative estimate of drug-likeness (QED) is 0.758. The molecule has 0 heterocycles. The standard InChI is InChI=1S/C13H19NO3/c1-2-12(15)10-14(9-8-13(16)17)11-6-4-3-5-7-11/h3-7,12,15H,2,8-10H2,1H3,(H,16,17). The number of anilines is 1. The van der Waals surface area contributed by atoms with Gasteiger partial charge in [0.15, 0.2) is 0 Å². The summed E-state index contributed by atoms with van der Waals surface area (Å²) >= 11 is 0. The van der Waals surface area contributed by atoms with E-state index >= 15 is 0 Å². The highest BCUT2D eigenvalue weighted by molar-refractivity contribution is 5.67. The van der Waals surface area contributed by atoms with Crippen LogP contribution in [0.1, 0.15) is 19.8 Å². The van der Waals surface area contributed by atoms with Crippen LogP contribution in [0.2, 0.25) is 0 Å². The number of hydrogen-bond donors (Lipinski definition) is 2. The molecule has 0 fully saturated rings. The Hall–Kier alpha value is -1.55. The fourth-order valence-corrected chi connectivity index (χ4v) is 1.58. The fourth-order valence-electron chi connectivity index (χ4n) is 1.58. The summed E-state index contributed by atoms with van der Waals surface area (Å²) in [6, 6.07) is 9.56. The normalized spacial score (nSPS) is 12.1. The van der Waals surface area contributed by atoms with E-state index in [1.807, 2.05) is 42.2 Å². The lowest BCUT2D eigenvalue weighted by atomic mass is 10.2. The lowest BCUT2D eigenvalue weighted by molar-refractivity contribution is -0.136. The maximum Gasteiger partial charge on any atom is 0.305 e. The van der Waals surface area contributed by atoms with E-state index in [0.717, 1.165) is 5.69 Å². The first-order chi connectivity index (χ1) is 8.13. The van der Waals surface area contributed by atoms with Gasteiger partial charge in [-0.15, -0.1) is 0 Å². The van der Waals surface area contributed by atoms with Gasteiger partial charge in [-0.25, -0.2) is 0 Å². The molecule has 0 bridgehead atoms. The Morgan fingerprint density at radius 2 is 2.00 bits per heavy atom. The van der Waals surface area contributed by atoms with E-state index in [1.54, 1.807) is 0 Å². The van der Waals surface area contributed by atoms with Gasteiger partial charge in [0.2, 0.25) is 0 Å². The SMILES string of the molecule is CCC(O)CN(CCC(=O)O)c1ccccc1. The molecule has 0 saturated heterocycles. The zero-order valence-electron chi connectivity index (χ0n) is 10.0. The topological polar surface area (TPSA) is 60.8 Å². The summed E-state index contributed by atoms with van der Waals surface area (Å²) in [5.74, 6) is -0.822. The van der Waals surface area contributed by atoms with Crippen LogP contribution >= 0.6 is 0 Å². The third-order valence-corrected chi connectivity index (χ3v) is 2.62. The Bertz CT molecular complexity index is 340. The molecule has 0 radical (unpaired) electrons. The molecule has 1 aromatic rings. The molecule has 0 aliphatic heterocycles. The molecule has 1 unspecified atom stereocenters. The van der Waals surface area contributed by atoms with E-state index in [4.69, 9.17) is 5.11 Å². The first-order valence-electron chi connectivity index (χ1n) is 5.83. The molecule has 1 aromatic carbocycles. The average molecular weight is 237 g/mol.